The Bertz CT molecular complexity index is 529. The molecule has 4 heteroatoms. The number of nitrogens with one attached hydrogen (secondary N) is 1. The Kier molecular flexibility index (Phi) is 3.95. The van der Waals surface area contributed by atoms with Crippen molar-refractivity contribution in [2.45, 2.75) is 44.7 Å². The SMILES string of the molecule is CC1CCC(N2CCC(=O)NC(c3ccccc3)C2=O)C1. The van der Waals surface area contributed by atoms with Gasteiger partial charge in [-0.1, -0.05) is 37.3 Å². The standard InChI is InChI=1S/C17H22N2O2/c1-12-7-8-14(11-12)19-10-9-15(20)18-16(17(19)21)13-5-3-2-4-6-13/h2-6,12,14,16H,7-11H2,1H3,(H,18,20). The molecule has 3 atom stereocenters. The van der Waals surface area contributed by atoms with E-state index in [-0.39, 0.29) is 11.8 Å². The molecule has 1 aliphatic heterocycles. The highest BCUT2D eigenvalue weighted by atomic mass is 16.2. The number of carbonyl (C=O) groups excluding carboxylic acids is 2. The van der Waals surface area contributed by atoms with Crippen molar-refractivity contribution in [1.82, 2.24) is 10.2 Å². The average Bonchev–Trinajstić information content (AvgIpc) is 2.85. The maximum Gasteiger partial charge on any atom is 0.250 e. The molecule has 1 heterocycles. The van der Waals surface area contributed by atoms with Crippen LogP contribution in [0.3, 0.4) is 0 Å². The lowest BCUT2D eigenvalue weighted by Crippen LogP contribution is -2.43. The van der Waals surface area contributed by atoms with Gasteiger partial charge in [-0.15, -0.1) is 0 Å². The predicted octanol–water partition coefficient (Wildman–Crippen LogP) is 2.26. The minimum atomic E-state index is -0.530. The van der Waals surface area contributed by atoms with Crippen molar-refractivity contribution >= 4 is 11.8 Å². The van der Waals surface area contributed by atoms with Crippen molar-refractivity contribution in [3.63, 3.8) is 0 Å². The molecule has 1 aromatic rings. The first kappa shape index (κ1) is 14.1. The lowest BCUT2D eigenvalue weighted by Gasteiger charge is -2.30. The highest BCUT2D eigenvalue weighted by molar-refractivity contribution is 5.91. The normalized spacial score (nSPS) is 30.1. The van der Waals surface area contributed by atoms with Gasteiger partial charge in [0.25, 0.3) is 0 Å². The van der Waals surface area contributed by atoms with Gasteiger partial charge in [-0.05, 0) is 30.7 Å². The molecular weight excluding hydrogens is 264 g/mol. The van der Waals surface area contributed by atoms with E-state index in [1.807, 2.05) is 35.2 Å². The zero-order valence-corrected chi connectivity index (χ0v) is 12.4. The molecule has 0 aromatic heterocycles. The summed E-state index contributed by atoms with van der Waals surface area (Å²) in [6.07, 6.45) is 3.69. The van der Waals surface area contributed by atoms with Crippen LogP contribution in [0.5, 0.6) is 0 Å². The average molecular weight is 286 g/mol. The molecule has 1 saturated heterocycles. The third-order valence-corrected chi connectivity index (χ3v) is 4.66. The van der Waals surface area contributed by atoms with Crippen LogP contribution in [0.2, 0.25) is 0 Å². The summed E-state index contributed by atoms with van der Waals surface area (Å²) < 4.78 is 0. The molecule has 1 aromatic carbocycles. The topological polar surface area (TPSA) is 49.4 Å². The molecule has 0 spiro atoms. The fourth-order valence-corrected chi connectivity index (χ4v) is 3.49. The quantitative estimate of drug-likeness (QED) is 0.906. The van der Waals surface area contributed by atoms with Crippen molar-refractivity contribution < 1.29 is 9.59 Å². The zero-order valence-electron chi connectivity index (χ0n) is 12.4. The highest BCUT2D eigenvalue weighted by Crippen LogP contribution is 2.31. The molecule has 1 saturated carbocycles. The molecule has 0 bridgehead atoms. The zero-order chi connectivity index (χ0) is 14.8. The van der Waals surface area contributed by atoms with Crippen LogP contribution < -0.4 is 5.32 Å². The highest BCUT2D eigenvalue weighted by Gasteiger charge is 2.36. The number of amides is 2. The van der Waals surface area contributed by atoms with Gasteiger partial charge in [0.05, 0.1) is 0 Å². The van der Waals surface area contributed by atoms with Gasteiger partial charge in [0, 0.05) is 19.0 Å². The predicted molar refractivity (Wildman–Crippen MR) is 80.5 cm³/mol. The summed E-state index contributed by atoms with van der Waals surface area (Å²) >= 11 is 0. The number of nitrogens with zero attached hydrogens (tertiary/aromatic N) is 1. The van der Waals surface area contributed by atoms with Gasteiger partial charge in [-0.2, -0.15) is 0 Å². The van der Waals surface area contributed by atoms with Crippen LogP contribution in [0.15, 0.2) is 30.3 Å². The van der Waals surface area contributed by atoms with Crippen LogP contribution in [0.1, 0.15) is 44.2 Å². The van der Waals surface area contributed by atoms with E-state index < -0.39 is 6.04 Å². The van der Waals surface area contributed by atoms with Crippen molar-refractivity contribution in [1.29, 1.82) is 0 Å². The second-order valence-corrected chi connectivity index (χ2v) is 6.26. The second-order valence-electron chi connectivity index (χ2n) is 6.26. The summed E-state index contributed by atoms with van der Waals surface area (Å²) in [6.45, 7) is 2.78. The van der Waals surface area contributed by atoms with Gasteiger partial charge in [-0.25, -0.2) is 0 Å². The minimum Gasteiger partial charge on any atom is -0.340 e. The van der Waals surface area contributed by atoms with E-state index in [2.05, 4.69) is 12.2 Å². The van der Waals surface area contributed by atoms with Crippen LogP contribution in [-0.2, 0) is 9.59 Å². The van der Waals surface area contributed by atoms with Crippen LogP contribution in [-0.4, -0.2) is 29.3 Å². The van der Waals surface area contributed by atoms with Crippen LogP contribution in [0.4, 0.5) is 0 Å². The molecule has 0 radical (unpaired) electrons. The Balaban J connectivity index is 1.85. The maximum atomic E-state index is 12.9. The first-order valence-electron chi connectivity index (χ1n) is 7.80. The second kappa shape index (κ2) is 5.88. The summed E-state index contributed by atoms with van der Waals surface area (Å²) in [5, 5.41) is 2.88. The third-order valence-electron chi connectivity index (χ3n) is 4.66. The number of hydrogen-bond acceptors (Lipinski definition) is 2. The Labute approximate surface area is 125 Å². The van der Waals surface area contributed by atoms with E-state index in [0.717, 1.165) is 18.4 Å². The third kappa shape index (κ3) is 2.94. The van der Waals surface area contributed by atoms with Crippen LogP contribution in [0.25, 0.3) is 0 Å². The van der Waals surface area contributed by atoms with Crippen LogP contribution >= 0.6 is 0 Å². The first-order chi connectivity index (χ1) is 10.1. The smallest absolute Gasteiger partial charge is 0.250 e. The molecule has 3 unspecified atom stereocenters. The molecule has 21 heavy (non-hydrogen) atoms. The van der Waals surface area contributed by atoms with Crippen molar-refractivity contribution in [2.24, 2.45) is 5.92 Å². The Morgan fingerprint density at radius 2 is 1.90 bits per heavy atom. The number of rotatable bonds is 2. The molecule has 1 N–H and O–H groups in total. The van der Waals surface area contributed by atoms with Gasteiger partial charge in [0.2, 0.25) is 11.8 Å². The van der Waals surface area contributed by atoms with Gasteiger partial charge >= 0.3 is 0 Å². The molecule has 2 fully saturated rings. The Hall–Kier alpha value is -1.84. The fraction of sp³-hybridized carbons (Fsp3) is 0.529. The summed E-state index contributed by atoms with van der Waals surface area (Å²) in [4.78, 5) is 26.8. The largest absolute Gasteiger partial charge is 0.340 e. The van der Waals surface area contributed by atoms with E-state index in [9.17, 15) is 9.59 Å². The van der Waals surface area contributed by atoms with Crippen molar-refractivity contribution in [3.8, 4) is 0 Å². The lowest BCUT2D eigenvalue weighted by molar-refractivity contribution is -0.135. The van der Waals surface area contributed by atoms with Crippen LogP contribution in [0, 0.1) is 5.92 Å². The van der Waals surface area contributed by atoms with E-state index in [1.165, 1.54) is 6.42 Å². The van der Waals surface area contributed by atoms with Gasteiger partial charge < -0.3 is 10.2 Å². The van der Waals surface area contributed by atoms with E-state index in [0.29, 0.717) is 24.9 Å². The van der Waals surface area contributed by atoms with E-state index in [1.54, 1.807) is 0 Å². The van der Waals surface area contributed by atoms with Crippen molar-refractivity contribution in [2.75, 3.05) is 6.54 Å². The molecule has 2 aliphatic rings. The first-order valence-corrected chi connectivity index (χ1v) is 7.80. The summed E-state index contributed by atoms with van der Waals surface area (Å²) in [5.74, 6) is 0.682. The van der Waals surface area contributed by atoms with Crippen molar-refractivity contribution in [3.05, 3.63) is 35.9 Å². The monoisotopic (exact) mass is 286 g/mol. The van der Waals surface area contributed by atoms with E-state index >= 15 is 0 Å². The summed E-state index contributed by atoms with van der Waals surface area (Å²) in [7, 11) is 0. The fourth-order valence-electron chi connectivity index (χ4n) is 3.49. The number of benzene rings is 1. The van der Waals surface area contributed by atoms with E-state index in [4.69, 9.17) is 0 Å². The molecule has 2 amide bonds. The Morgan fingerprint density at radius 1 is 1.14 bits per heavy atom. The summed E-state index contributed by atoms with van der Waals surface area (Å²) in [6, 6.07) is 9.31. The van der Waals surface area contributed by atoms with Gasteiger partial charge in [0.1, 0.15) is 6.04 Å². The minimum absolute atomic E-state index is 0.0363. The molecule has 4 nitrogen and oxygen atoms in total. The summed E-state index contributed by atoms with van der Waals surface area (Å²) in [5.41, 5.74) is 0.869. The van der Waals surface area contributed by atoms with Gasteiger partial charge in [0.15, 0.2) is 0 Å². The molecular formula is C17H22N2O2. The number of hydrogen-bond donors (Lipinski definition) is 1. The Morgan fingerprint density at radius 3 is 2.57 bits per heavy atom. The lowest BCUT2D eigenvalue weighted by atomic mass is 10.0. The number of carbonyl (C=O) groups is 2. The maximum absolute atomic E-state index is 12.9. The molecule has 112 valence electrons. The molecule has 1 aliphatic carbocycles. The van der Waals surface area contributed by atoms with Gasteiger partial charge in [-0.3, -0.25) is 9.59 Å². The molecule has 3 rings (SSSR count).